The van der Waals surface area contributed by atoms with Crippen molar-refractivity contribution < 1.29 is 14.3 Å². The average Bonchev–Trinajstić information content (AvgIpc) is 2.15. The van der Waals surface area contributed by atoms with Crippen molar-refractivity contribution >= 4 is 11.7 Å². The van der Waals surface area contributed by atoms with Crippen molar-refractivity contribution in [3.8, 4) is 0 Å². The molecule has 0 radical (unpaired) electrons. The van der Waals surface area contributed by atoms with Crippen LogP contribution >= 0.6 is 0 Å². The molecule has 14 heavy (non-hydrogen) atoms. The van der Waals surface area contributed by atoms with Gasteiger partial charge < -0.3 is 10.4 Å². The average molecular weight is 197 g/mol. The molecule has 1 atom stereocenters. The number of nitrogens with one attached hydrogen (secondary N) is 1. The monoisotopic (exact) mass is 197 g/mol. The van der Waals surface area contributed by atoms with E-state index in [4.69, 9.17) is 5.11 Å². The first-order chi connectivity index (χ1) is 6.68. The molecular weight excluding hydrogens is 185 g/mol. The number of anilines is 1. The molecule has 0 fully saturated rings. The van der Waals surface area contributed by atoms with Crippen LogP contribution in [0.3, 0.4) is 0 Å². The number of hydrogen-bond acceptors (Lipinski definition) is 2. The summed E-state index contributed by atoms with van der Waals surface area (Å²) in [4.78, 5) is 10.2. The highest BCUT2D eigenvalue weighted by Gasteiger charge is 2.10. The zero-order valence-electron chi connectivity index (χ0n) is 7.61. The lowest BCUT2D eigenvalue weighted by molar-refractivity contribution is -0.138. The number of benzene rings is 1. The fourth-order valence-electron chi connectivity index (χ4n) is 1.05. The van der Waals surface area contributed by atoms with Gasteiger partial charge in [-0.15, -0.1) is 0 Å². The number of carboxylic acids is 1. The minimum Gasteiger partial charge on any atom is -0.481 e. The van der Waals surface area contributed by atoms with Crippen molar-refractivity contribution in [1.29, 1.82) is 0 Å². The van der Waals surface area contributed by atoms with Crippen molar-refractivity contribution in [3.05, 3.63) is 30.3 Å². The molecule has 1 aromatic rings. The predicted molar refractivity (Wildman–Crippen MR) is 52.1 cm³/mol. The molecular formula is C10H12FNO2. The third-order valence-corrected chi connectivity index (χ3v) is 1.70. The van der Waals surface area contributed by atoms with Crippen LogP contribution in [0.2, 0.25) is 0 Å². The molecule has 0 aromatic heterocycles. The van der Waals surface area contributed by atoms with Gasteiger partial charge in [0.25, 0.3) is 0 Å². The fraction of sp³-hybridized carbons (Fsp3) is 0.300. The van der Waals surface area contributed by atoms with Crippen LogP contribution in [-0.2, 0) is 4.79 Å². The molecule has 3 nitrogen and oxygen atoms in total. The Hall–Kier alpha value is -1.58. The third-order valence-electron chi connectivity index (χ3n) is 1.70. The largest absolute Gasteiger partial charge is 0.481 e. The maximum atomic E-state index is 12.9. The minimum absolute atomic E-state index is 0.0241. The summed E-state index contributed by atoms with van der Waals surface area (Å²) in [6, 6.07) is 9.11. The highest BCUT2D eigenvalue weighted by molar-refractivity contribution is 5.67. The number of halogens is 1. The molecule has 1 unspecified atom stereocenters. The molecule has 0 aliphatic heterocycles. The van der Waals surface area contributed by atoms with E-state index in [1.165, 1.54) is 0 Å². The van der Waals surface area contributed by atoms with E-state index in [0.717, 1.165) is 5.69 Å². The van der Waals surface area contributed by atoms with Crippen LogP contribution in [0.1, 0.15) is 6.42 Å². The van der Waals surface area contributed by atoms with E-state index in [1.807, 2.05) is 18.2 Å². The summed E-state index contributed by atoms with van der Waals surface area (Å²) in [5.41, 5.74) is 0.792. The first-order valence-corrected chi connectivity index (χ1v) is 4.33. The summed E-state index contributed by atoms with van der Waals surface area (Å²) < 4.78 is 12.9. The van der Waals surface area contributed by atoms with Crippen LogP contribution in [0.4, 0.5) is 10.1 Å². The van der Waals surface area contributed by atoms with Gasteiger partial charge in [0.1, 0.15) is 6.17 Å². The molecule has 0 heterocycles. The lowest BCUT2D eigenvalue weighted by atomic mass is 10.2. The Morgan fingerprint density at radius 3 is 2.64 bits per heavy atom. The van der Waals surface area contributed by atoms with Gasteiger partial charge in [-0.2, -0.15) is 0 Å². The molecule has 1 aromatic carbocycles. The molecule has 0 saturated carbocycles. The molecule has 0 amide bonds. The zero-order chi connectivity index (χ0) is 10.4. The molecule has 0 saturated heterocycles. The highest BCUT2D eigenvalue weighted by Crippen LogP contribution is 2.06. The second-order valence-corrected chi connectivity index (χ2v) is 2.94. The van der Waals surface area contributed by atoms with Crippen molar-refractivity contribution in [1.82, 2.24) is 0 Å². The molecule has 4 heteroatoms. The highest BCUT2D eigenvalue weighted by atomic mass is 19.1. The molecule has 0 bridgehead atoms. The quantitative estimate of drug-likeness (QED) is 0.758. The van der Waals surface area contributed by atoms with Gasteiger partial charge in [0.2, 0.25) is 0 Å². The van der Waals surface area contributed by atoms with Crippen molar-refractivity contribution in [2.45, 2.75) is 12.6 Å². The van der Waals surface area contributed by atoms with E-state index < -0.39 is 18.6 Å². The van der Waals surface area contributed by atoms with Crippen molar-refractivity contribution in [3.63, 3.8) is 0 Å². The molecule has 2 N–H and O–H groups in total. The number of carboxylic acid groups (broad SMARTS) is 1. The molecule has 0 spiro atoms. The van der Waals surface area contributed by atoms with Gasteiger partial charge in [-0.1, -0.05) is 18.2 Å². The summed E-state index contributed by atoms with van der Waals surface area (Å²) in [6.07, 6.45) is -1.81. The predicted octanol–water partition coefficient (Wildman–Crippen LogP) is 1.91. The van der Waals surface area contributed by atoms with Gasteiger partial charge in [0.05, 0.1) is 6.42 Å². The first-order valence-electron chi connectivity index (χ1n) is 4.33. The zero-order valence-corrected chi connectivity index (χ0v) is 7.61. The fourth-order valence-corrected chi connectivity index (χ4v) is 1.05. The number of carbonyl (C=O) groups is 1. The van der Waals surface area contributed by atoms with E-state index in [0.29, 0.717) is 0 Å². The standard InChI is InChI=1S/C10H12FNO2/c11-8(6-10(13)14)7-12-9-4-2-1-3-5-9/h1-5,8,12H,6-7H2,(H,13,14). The summed E-state index contributed by atoms with van der Waals surface area (Å²) in [5, 5.41) is 11.1. The van der Waals surface area contributed by atoms with Crippen molar-refractivity contribution in [2.24, 2.45) is 0 Å². The summed E-state index contributed by atoms with van der Waals surface area (Å²) in [7, 11) is 0. The topological polar surface area (TPSA) is 49.3 Å². The van der Waals surface area contributed by atoms with Crippen LogP contribution in [0.25, 0.3) is 0 Å². The van der Waals surface area contributed by atoms with Crippen LogP contribution in [0.5, 0.6) is 0 Å². The maximum Gasteiger partial charge on any atom is 0.306 e. The number of hydrogen-bond donors (Lipinski definition) is 2. The van der Waals surface area contributed by atoms with Crippen LogP contribution in [-0.4, -0.2) is 23.8 Å². The second-order valence-electron chi connectivity index (χ2n) is 2.94. The van der Waals surface area contributed by atoms with Gasteiger partial charge >= 0.3 is 5.97 Å². The third kappa shape index (κ3) is 3.89. The van der Waals surface area contributed by atoms with Gasteiger partial charge in [0.15, 0.2) is 0 Å². The number of rotatable bonds is 5. The Morgan fingerprint density at radius 1 is 1.43 bits per heavy atom. The lowest BCUT2D eigenvalue weighted by Gasteiger charge is -2.08. The van der Waals surface area contributed by atoms with E-state index in [-0.39, 0.29) is 6.54 Å². The Morgan fingerprint density at radius 2 is 2.07 bits per heavy atom. The number of para-hydroxylation sites is 1. The maximum absolute atomic E-state index is 12.9. The van der Waals surface area contributed by atoms with Gasteiger partial charge in [-0.3, -0.25) is 4.79 Å². The normalized spacial score (nSPS) is 12.1. The van der Waals surface area contributed by atoms with E-state index in [9.17, 15) is 9.18 Å². The second kappa shape index (κ2) is 5.21. The van der Waals surface area contributed by atoms with Gasteiger partial charge in [-0.25, -0.2) is 4.39 Å². The first kappa shape index (κ1) is 10.5. The SMILES string of the molecule is O=C(O)CC(F)CNc1ccccc1. The Labute approximate surface area is 81.6 Å². The molecule has 0 aliphatic rings. The van der Waals surface area contributed by atoms with Crippen LogP contribution in [0.15, 0.2) is 30.3 Å². The Kier molecular flexibility index (Phi) is 3.91. The summed E-state index contributed by atoms with van der Waals surface area (Å²) >= 11 is 0. The van der Waals surface area contributed by atoms with Crippen molar-refractivity contribution in [2.75, 3.05) is 11.9 Å². The molecule has 76 valence electrons. The Balaban J connectivity index is 2.30. The number of aliphatic carboxylic acids is 1. The summed E-state index contributed by atoms with van der Waals surface area (Å²) in [6.45, 7) is 0.0241. The van der Waals surface area contributed by atoms with E-state index >= 15 is 0 Å². The molecule has 1 rings (SSSR count). The van der Waals surface area contributed by atoms with E-state index in [1.54, 1.807) is 12.1 Å². The smallest absolute Gasteiger partial charge is 0.306 e. The van der Waals surface area contributed by atoms with Crippen LogP contribution < -0.4 is 5.32 Å². The summed E-state index contributed by atoms with van der Waals surface area (Å²) in [5.74, 6) is -1.12. The molecule has 0 aliphatic carbocycles. The van der Waals surface area contributed by atoms with Gasteiger partial charge in [-0.05, 0) is 12.1 Å². The number of alkyl halides is 1. The van der Waals surface area contributed by atoms with Gasteiger partial charge in [0, 0.05) is 12.2 Å². The Bertz CT molecular complexity index is 289. The lowest BCUT2D eigenvalue weighted by Crippen LogP contribution is -2.18. The minimum atomic E-state index is -1.35. The van der Waals surface area contributed by atoms with E-state index in [2.05, 4.69) is 5.32 Å². The van der Waals surface area contributed by atoms with Crippen LogP contribution in [0, 0.1) is 0 Å².